The predicted molar refractivity (Wildman–Crippen MR) is 139 cm³/mol. The lowest BCUT2D eigenvalue weighted by Crippen LogP contribution is -2.47. The minimum Gasteiger partial charge on any atom is -0.481 e. The van der Waals surface area contributed by atoms with Crippen molar-refractivity contribution in [1.82, 2.24) is 15.6 Å². The van der Waals surface area contributed by atoms with Crippen molar-refractivity contribution < 1.29 is 42.4 Å². The number of aliphatic carboxylic acids is 2. The number of carboxylic acid groups (broad SMARTS) is 2. The number of benzene rings is 1. The molecule has 7 N–H and O–H groups in total. The lowest BCUT2D eigenvalue weighted by atomic mass is 10.1. The molecule has 1 aromatic carbocycles. The summed E-state index contributed by atoms with van der Waals surface area (Å²) in [5.74, 6) is -2.93. The Balaban J connectivity index is 2.00. The van der Waals surface area contributed by atoms with Gasteiger partial charge in [-0.3, -0.25) is 29.2 Å². The molecular weight excluding hydrogens is 536 g/mol. The smallest absolute Gasteiger partial charge is 0.322 e. The fourth-order valence-electron chi connectivity index (χ4n) is 3.28. The topological polar surface area (TPSA) is 236 Å². The lowest BCUT2D eigenvalue weighted by molar-refractivity contribution is -0.140. The van der Waals surface area contributed by atoms with E-state index in [1.165, 1.54) is 36.7 Å². The molecule has 15 nitrogen and oxygen atoms in total. The van der Waals surface area contributed by atoms with Crippen molar-refractivity contribution in [2.24, 2.45) is 5.10 Å². The summed E-state index contributed by atoms with van der Waals surface area (Å²) < 4.78 is 33.5. The van der Waals surface area contributed by atoms with Gasteiger partial charge in [-0.2, -0.15) is 13.5 Å². The molecule has 1 aromatic heterocycles. The fraction of sp³-hybridized carbons (Fsp3) is 0.304. The van der Waals surface area contributed by atoms with Gasteiger partial charge in [0.1, 0.15) is 12.4 Å². The molecule has 2 aromatic rings. The van der Waals surface area contributed by atoms with Crippen LogP contribution >= 0.6 is 0 Å². The van der Waals surface area contributed by atoms with Crippen molar-refractivity contribution in [2.75, 3.05) is 30.4 Å². The van der Waals surface area contributed by atoms with Gasteiger partial charge in [0, 0.05) is 42.2 Å². The number of hydrogen-bond acceptors (Lipinski definition) is 11. The van der Waals surface area contributed by atoms with Crippen LogP contribution in [0.4, 0.5) is 11.5 Å². The van der Waals surface area contributed by atoms with Crippen LogP contribution in [0.25, 0.3) is 0 Å². The summed E-state index contributed by atoms with van der Waals surface area (Å²) in [6, 6.07) is 6.21. The summed E-state index contributed by atoms with van der Waals surface area (Å²) in [5, 5.41) is 29.6. The molecule has 0 spiro atoms. The highest BCUT2D eigenvalue weighted by Crippen LogP contribution is 2.24. The third-order valence-electron chi connectivity index (χ3n) is 5.07. The molecule has 0 fully saturated rings. The number of aromatic nitrogens is 1. The van der Waals surface area contributed by atoms with Gasteiger partial charge in [-0.05, 0) is 37.2 Å². The SMILES string of the molecule is O=Cc1ccc(NN=CCc2c(NCCCN[C@H](CC(=O)O)C(=O)NCC(=O)O)cccc2S(=O)(=O)O)nc1. The Morgan fingerprint density at radius 2 is 1.85 bits per heavy atom. The number of pyridine rings is 1. The second-order valence-corrected chi connectivity index (χ2v) is 9.37. The van der Waals surface area contributed by atoms with Crippen molar-refractivity contribution in [3.8, 4) is 0 Å². The number of carboxylic acids is 2. The molecular formula is C23H28N6O9S. The van der Waals surface area contributed by atoms with Gasteiger partial charge in [-0.1, -0.05) is 6.07 Å². The lowest BCUT2D eigenvalue weighted by Gasteiger charge is -2.17. The molecule has 0 unspecified atom stereocenters. The van der Waals surface area contributed by atoms with Gasteiger partial charge in [-0.25, -0.2) is 4.98 Å². The maximum atomic E-state index is 12.1. The summed E-state index contributed by atoms with van der Waals surface area (Å²) in [5.41, 5.74) is 3.66. The van der Waals surface area contributed by atoms with Crippen LogP contribution in [0.1, 0.15) is 28.8 Å². The van der Waals surface area contributed by atoms with Crippen molar-refractivity contribution in [1.29, 1.82) is 0 Å². The molecule has 0 saturated carbocycles. The van der Waals surface area contributed by atoms with Crippen LogP contribution in [0.5, 0.6) is 0 Å². The highest BCUT2D eigenvalue weighted by Gasteiger charge is 2.21. The van der Waals surface area contributed by atoms with Crippen LogP contribution in [-0.4, -0.2) is 84.2 Å². The van der Waals surface area contributed by atoms with Crippen molar-refractivity contribution >= 4 is 52.0 Å². The summed E-state index contributed by atoms with van der Waals surface area (Å²) >= 11 is 0. The molecule has 0 aliphatic heterocycles. The number of hydrogen-bond donors (Lipinski definition) is 7. The minimum absolute atomic E-state index is 0.000399. The molecule has 0 aliphatic carbocycles. The fourth-order valence-corrected chi connectivity index (χ4v) is 4.03. The van der Waals surface area contributed by atoms with Crippen molar-refractivity contribution in [3.63, 3.8) is 0 Å². The minimum atomic E-state index is -4.55. The number of aldehydes is 1. The van der Waals surface area contributed by atoms with Crippen LogP contribution in [0.2, 0.25) is 0 Å². The molecule has 0 radical (unpaired) electrons. The normalized spacial score (nSPS) is 12.0. The Bertz CT molecular complexity index is 1300. The Morgan fingerprint density at radius 3 is 2.46 bits per heavy atom. The zero-order valence-electron chi connectivity index (χ0n) is 20.5. The van der Waals surface area contributed by atoms with Gasteiger partial charge in [0.05, 0.1) is 17.4 Å². The van der Waals surface area contributed by atoms with Gasteiger partial charge in [0.25, 0.3) is 10.1 Å². The van der Waals surface area contributed by atoms with Gasteiger partial charge in [0.15, 0.2) is 6.29 Å². The van der Waals surface area contributed by atoms with E-state index < -0.39 is 47.0 Å². The molecule has 39 heavy (non-hydrogen) atoms. The standard InChI is InChI=1S/C23H28N6O9S/c30-14-15-5-6-20(26-12-15)29-28-10-7-16-17(3-1-4-19(16)39(36,37)38)24-8-2-9-25-18(11-21(31)32)23(35)27-13-22(33)34/h1,3-6,10,12,14,18,24-25H,2,7-9,11,13H2,(H,26,29)(H,27,35)(H,31,32)(H,33,34)(H,36,37,38)/t18-/m1/s1. The molecule has 1 heterocycles. The monoisotopic (exact) mass is 564 g/mol. The van der Waals surface area contributed by atoms with E-state index in [0.29, 0.717) is 29.8 Å². The van der Waals surface area contributed by atoms with Crippen LogP contribution in [-0.2, 0) is 30.9 Å². The van der Waals surface area contributed by atoms with E-state index in [1.807, 2.05) is 0 Å². The van der Waals surface area contributed by atoms with Gasteiger partial charge in [-0.15, -0.1) is 0 Å². The zero-order valence-corrected chi connectivity index (χ0v) is 21.3. The molecule has 1 amide bonds. The Hall–Kier alpha value is -4.41. The molecule has 16 heteroatoms. The molecule has 210 valence electrons. The summed E-state index contributed by atoms with van der Waals surface area (Å²) in [4.78, 5) is 48.1. The molecule has 0 saturated heterocycles. The Kier molecular flexibility index (Phi) is 11.9. The van der Waals surface area contributed by atoms with Crippen LogP contribution in [0, 0.1) is 0 Å². The van der Waals surface area contributed by atoms with E-state index in [2.05, 4.69) is 31.5 Å². The first-order chi connectivity index (χ1) is 18.5. The van der Waals surface area contributed by atoms with E-state index in [4.69, 9.17) is 10.2 Å². The Labute approximate surface area is 223 Å². The van der Waals surface area contributed by atoms with Gasteiger partial charge in [0.2, 0.25) is 5.91 Å². The molecule has 2 rings (SSSR count). The Morgan fingerprint density at radius 1 is 1.08 bits per heavy atom. The zero-order chi connectivity index (χ0) is 28.8. The number of nitrogens with zero attached hydrogens (tertiary/aromatic N) is 2. The number of amides is 1. The average molecular weight is 565 g/mol. The number of carbonyl (C=O) groups excluding carboxylic acids is 2. The highest BCUT2D eigenvalue weighted by atomic mass is 32.2. The molecule has 0 aliphatic rings. The summed E-state index contributed by atoms with van der Waals surface area (Å²) in [6.07, 6.45) is 3.18. The van der Waals surface area contributed by atoms with E-state index in [1.54, 1.807) is 6.07 Å². The van der Waals surface area contributed by atoms with Crippen LogP contribution in [0.15, 0.2) is 46.5 Å². The summed E-state index contributed by atoms with van der Waals surface area (Å²) in [7, 11) is -4.55. The third-order valence-corrected chi connectivity index (χ3v) is 6.01. The quantitative estimate of drug-likeness (QED) is 0.0448. The molecule has 1 atom stereocenters. The van der Waals surface area contributed by atoms with E-state index in [-0.39, 0.29) is 30.0 Å². The number of carbonyl (C=O) groups is 4. The predicted octanol–water partition coefficient (Wildman–Crippen LogP) is 0.217. The van der Waals surface area contributed by atoms with Crippen LogP contribution in [0.3, 0.4) is 0 Å². The largest absolute Gasteiger partial charge is 0.481 e. The highest BCUT2D eigenvalue weighted by molar-refractivity contribution is 7.85. The van der Waals surface area contributed by atoms with Gasteiger partial charge >= 0.3 is 11.9 Å². The van der Waals surface area contributed by atoms with Gasteiger partial charge < -0.3 is 26.2 Å². The van der Waals surface area contributed by atoms with E-state index in [9.17, 15) is 32.1 Å². The maximum absolute atomic E-state index is 12.1. The van der Waals surface area contributed by atoms with E-state index in [0.717, 1.165) is 0 Å². The average Bonchev–Trinajstić information content (AvgIpc) is 2.88. The number of rotatable bonds is 17. The summed E-state index contributed by atoms with van der Waals surface area (Å²) in [6.45, 7) is -0.194. The van der Waals surface area contributed by atoms with Crippen molar-refractivity contribution in [3.05, 3.63) is 47.7 Å². The van der Waals surface area contributed by atoms with E-state index >= 15 is 0 Å². The first-order valence-electron chi connectivity index (χ1n) is 11.5. The number of anilines is 2. The first kappa shape index (κ1) is 30.8. The maximum Gasteiger partial charge on any atom is 0.322 e. The second-order valence-electron chi connectivity index (χ2n) is 7.98. The number of nitrogens with one attached hydrogen (secondary N) is 4. The van der Waals surface area contributed by atoms with Crippen molar-refractivity contribution in [2.45, 2.75) is 30.2 Å². The second kappa shape index (κ2) is 15.1. The first-order valence-corrected chi connectivity index (χ1v) is 12.9. The van der Waals surface area contributed by atoms with Crippen LogP contribution < -0.4 is 21.4 Å². The number of hydrazone groups is 1. The third kappa shape index (κ3) is 10.8. The molecule has 0 bridgehead atoms.